The van der Waals surface area contributed by atoms with Crippen LogP contribution >= 0.6 is 0 Å². The van der Waals surface area contributed by atoms with E-state index in [1.807, 2.05) is 0 Å². The minimum Gasteiger partial charge on any atom is -0.366 e. The number of amides is 2. The highest BCUT2D eigenvalue weighted by molar-refractivity contribution is 5.99. The lowest BCUT2D eigenvalue weighted by Gasteiger charge is -2.38. The van der Waals surface area contributed by atoms with Crippen molar-refractivity contribution < 1.29 is 14.0 Å². The van der Waals surface area contributed by atoms with Gasteiger partial charge < -0.3 is 20.9 Å². The largest absolute Gasteiger partial charge is 0.366 e. The summed E-state index contributed by atoms with van der Waals surface area (Å²) in [5.41, 5.74) is 5.91. The van der Waals surface area contributed by atoms with Crippen LogP contribution in [0.3, 0.4) is 0 Å². The Labute approximate surface area is 122 Å². The maximum Gasteiger partial charge on any atom is 0.250 e. The topological polar surface area (TPSA) is 78.7 Å². The summed E-state index contributed by atoms with van der Waals surface area (Å²) in [7, 11) is 3.35. The SMILES string of the molecule is CN(C)C(=O)C1CNCCN1c1ccc(F)cc1C(N)=O. The number of rotatable bonds is 3. The highest BCUT2D eigenvalue weighted by atomic mass is 19.1. The fourth-order valence-corrected chi connectivity index (χ4v) is 2.47. The average Bonchev–Trinajstić information content (AvgIpc) is 2.46. The smallest absolute Gasteiger partial charge is 0.250 e. The zero-order valence-electron chi connectivity index (χ0n) is 12.1. The van der Waals surface area contributed by atoms with Crippen molar-refractivity contribution in [2.24, 2.45) is 5.73 Å². The Morgan fingerprint density at radius 1 is 1.43 bits per heavy atom. The molecule has 1 fully saturated rings. The Morgan fingerprint density at radius 2 is 2.14 bits per heavy atom. The summed E-state index contributed by atoms with van der Waals surface area (Å²) in [5, 5.41) is 3.15. The van der Waals surface area contributed by atoms with Crippen LogP contribution in [0.2, 0.25) is 0 Å². The first-order chi connectivity index (χ1) is 9.91. The maximum atomic E-state index is 13.3. The highest BCUT2D eigenvalue weighted by Crippen LogP contribution is 2.25. The molecule has 1 aromatic rings. The second kappa shape index (κ2) is 6.09. The third kappa shape index (κ3) is 3.13. The molecule has 3 N–H and O–H groups in total. The van der Waals surface area contributed by atoms with Gasteiger partial charge in [-0.2, -0.15) is 0 Å². The van der Waals surface area contributed by atoms with Crippen LogP contribution in [-0.4, -0.2) is 56.5 Å². The molecule has 7 heteroatoms. The van der Waals surface area contributed by atoms with Crippen molar-refractivity contribution in [1.29, 1.82) is 0 Å². The number of nitrogens with one attached hydrogen (secondary N) is 1. The number of likely N-dealkylation sites (N-methyl/N-ethyl adjacent to an activating group) is 1. The summed E-state index contributed by atoms with van der Waals surface area (Å²) in [6, 6.07) is 3.42. The Kier molecular flexibility index (Phi) is 4.42. The average molecular weight is 294 g/mol. The number of nitrogens with two attached hydrogens (primary N) is 1. The lowest BCUT2D eigenvalue weighted by molar-refractivity contribution is -0.130. The van der Waals surface area contributed by atoms with Gasteiger partial charge in [-0.1, -0.05) is 0 Å². The molecular weight excluding hydrogens is 275 g/mol. The van der Waals surface area contributed by atoms with Gasteiger partial charge in [-0.15, -0.1) is 0 Å². The second-order valence-electron chi connectivity index (χ2n) is 5.17. The Hall–Kier alpha value is -2.15. The van der Waals surface area contributed by atoms with Crippen molar-refractivity contribution in [2.45, 2.75) is 6.04 Å². The van der Waals surface area contributed by atoms with Crippen molar-refractivity contribution in [1.82, 2.24) is 10.2 Å². The normalized spacial score (nSPS) is 18.4. The molecule has 6 nitrogen and oxygen atoms in total. The summed E-state index contributed by atoms with van der Waals surface area (Å²) >= 11 is 0. The van der Waals surface area contributed by atoms with E-state index in [2.05, 4.69) is 5.32 Å². The second-order valence-corrected chi connectivity index (χ2v) is 5.17. The van der Waals surface area contributed by atoms with Gasteiger partial charge in [0.25, 0.3) is 5.91 Å². The van der Waals surface area contributed by atoms with Crippen LogP contribution in [0, 0.1) is 5.82 Å². The molecule has 21 heavy (non-hydrogen) atoms. The first-order valence-electron chi connectivity index (χ1n) is 6.69. The van der Waals surface area contributed by atoms with Crippen LogP contribution in [0.4, 0.5) is 10.1 Å². The molecule has 2 rings (SSSR count). The Balaban J connectivity index is 2.42. The number of anilines is 1. The monoisotopic (exact) mass is 294 g/mol. The molecule has 1 atom stereocenters. The molecule has 1 unspecified atom stereocenters. The number of nitrogens with zero attached hydrogens (tertiary/aromatic N) is 2. The van der Waals surface area contributed by atoms with E-state index in [1.165, 1.54) is 17.0 Å². The van der Waals surface area contributed by atoms with Gasteiger partial charge in [0.1, 0.15) is 11.9 Å². The summed E-state index contributed by atoms with van der Waals surface area (Å²) in [6.45, 7) is 1.68. The van der Waals surface area contributed by atoms with E-state index >= 15 is 0 Å². The van der Waals surface area contributed by atoms with Gasteiger partial charge in [0.05, 0.1) is 11.3 Å². The number of halogens is 1. The molecule has 0 aliphatic carbocycles. The molecule has 1 aliphatic rings. The van der Waals surface area contributed by atoms with E-state index in [0.29, 0.717) is 25.3 Å². The van der Waals surface area contributed by atoms with E-state index in [1.54, 1.807) is 19.0 Å². The zero-order valence-corrected chi connectivity index (χ0v) is 12.1. The molecule has 0 bridgehead atoms. The molecule has 1 aliphatic heterocycles. The minimum atomic E-state index is -0.709. The van der Waals surface area contributed by atoms with Crippen molar-refractivity contribution in [3.8, 4) is 0 Å². The van der Waals surface area contributed by atoms with Gasteiger partial charge in [0.2, 0.25) is 5.91 Å². The minimum absolute atomic E-state index is 0.0815. The molecule has 0 spiro atoms. The van der Waals surface area contributed by atoms with Crippen LogP contribution in [0.15, 0.2) is 18.2 Å². The lowest BCUT2D eigenvalue weighted by Crippen LogP contribution is -2.58. The van der Waals surface area contributed by atoms with Crippen molar-refractivity contribution in [3.05, 3.63) is 29.6 Å². The third-order valence-corrected chi connectivity index (χ3v) is 3.50. The van der Waals surface area contributed by atoms with Gasteiger partial charge in [-0.3, -0.25) is 9.59 Å². The fraction of sp³-hybridized carbons (Fsp3) is 0.429. The van der Waals surface area contributed by atoms with E-state index in [0.717, 1.165) is 6.07 Å². The van der Waals surface area contributed by atoms with E-state index in [9.17, 15) is 14.0 Å². The van der Waals surface area contributed by atoms with Crippen LogP contribution < -0.4 is 16.0 Å². The van der Waals surface area contributed by atoms with Crippen LogP contribution in [-0.2, 0) is 4.79 Å². The summed E-state index contributed by atoms with van der Waals surface area (Å²) in [5.74, 6) is -1.32. The fourth-order valence-electron chi connectivity index (χ4n) is 2.47. The molecule has 1 heterocycles. The Morgan fingerprint density at radius 3 is 2.76 bits per heavy atom. The number of hydrogen-bond acceptors (Lipinski definition) is 4. The maximum absolute atomic E-state index is 13.3. The first-order valence-corrected chi connectivity index (χ1v) is 6.69. The third-order valence-electron chi connectivity index (χ3n) is 3.50. The van der Waals surface area contributed by atoms with Gasteiger partial charge in [-0.05, 0) is 18.2 Å². The predicted octanol–water partition coefficient (Wildman–Crippen LogP) is -0.209. The van der Waals surface area contributed by atoms with Gasteiger partial charge in [-0.25, -0.2) is 4.39 Å². The molecule has 1 aromatic carbocycles. The van der Waals surface area contributed by atoms with E-state index in [4.69, 9.17) is 5.73 Å². The summed E-state index contributed by atoms with van der Waals surface area (Å²) in [4.78, 5) is 27.1. The van der Waals surface area contributed by atoms with Crippen molar-refractivity contribution >= 4 is 17.5 Å². The van der Waals surface area contributed by atoms with Crippen molar-refractivity contribution in [2.75, 3.05) is 38.6 Å². The van der Waals surface area contributed by atoms with Crippen molar-refractivity contribution in [3.63, 3.8) is 0 Å². The highest BCUT2D eigenvalue weighted by Gasteiger charge is 2.31. The molecule has 0 aromatic heterocycles. The van der Waals surface area contributed by atoms with Gasteiger partial charge in [0, 0.05) is 33.7 Å². The number of hydrogen-bond donors (Lipinski definition) is 2. The van der Waals surface area contributed by atoms with Crippen LogP contribution in [0.1, 0.15) is 10.4 Å². The molecule has 0 saturated carbocycles. The Bertz CT molecular complexity index is 562. The van der Waals surface area contributed by atoms with Crippen LogP contribution in [0.5, 0.6) is 0 Å². The molecule has 2 amide bonds. The van der Waals surface area contributed by atoms with E-state index < -0.39 is 17.8 Å². The van der Waals surface area contributed by atoms with Gasteiger partial charge in [0.15, 0.2) is 0 Å². The molecular formula is C14H19FN4O2. The number of benzene rings is 1. The van der Waals surface area contributed by atoms with Crippen LogP contribution in [0.25, 0.3) is 0 Å². The predicted molar refractivity (Wildman–Crippen MR) is 77.6 cm³/mol. The number of piperazine rings is 1. The summed E-state index contributed by atoms with van der Waals surface area (Å²) < 4.78 is 13.3. The molecule has 114 valence electrons. The quantitative estimate of drug-likeness (QED) is 0.808. The molecule has 1 saturated heterocycles. The number of primary amides is 1. The zero-order chi connectivity index (χ0) is 15.6. The standard InChI is InChI=1S/C14H19FN4O2/c1-18(2)14(21)12-8-17-5-6-19(12)11-4-3-9(15)7-10(11)13(16)20/h3-4,7,12,17H,5-6,8H2,1-2H3,(H2,16,20). The molecule has 0 radical (unpaired) electrons. The van der Waals surface area contributed by atoms with E-state index in [-0.39, 0.29) is 11.5 Å². The number of carbonyl (C=O) groups excluding carboxylic acids is 2. The summed E-state index contributed by atoms with van der Waals surface area (Å²) in [6.07, 6.45) is 0. The van der Waals surface area contributed by atoms with Gasteiger partial charge >= 0.3 is 0 Å². The number of carbonyl (C=O) groups is 2. The first kappa shape index (κ1) is 15.2. The lowest BCUT2D eigenvalue weighted by atomic mass is 10.1.